The number of benzene rings is 1. The number of aromatic nitrogens is 2. The van der Waals surface area contributed by atoms with E-state index >= 15 is 0 Å². The van der Waals surface area contributed by atoms with Crippen molar-refractivity contribution in [3.8, 4) is 17.0 Å². The van der Waals surface area contributed by atoms with Crippen molar-refractivity contribution in [2.75, 3.05) is 24.6 Å². The number of anilines is 1. The van der Waals surface area contributed by atoms with Gasteiger partial charge in [-0.25, -0.2) is 0 Å². The summed E-state index contributed by atoms with van der Waals surface area (Å²) in [5.74, 6) is 1.38. The standard InChI is InChI=1S/C35H49N3O2/c1-24(2)33(40-34(5,6)7)31-26(4)36-22-29(32(31)38-19-17-35(8,9)18-20-38)30-16-15-28(21-37-30)39-23-25(3)27-13-11-10-12-14-27/h10-16,21-22,24-25,33H,17-20,23H2,1-9H3. The van der Waals surface area contributed by atoms with Gasteiger partial charge < -0.3 is 14.4 Å². The fourth-order valence-electron chi connectivity index (χ4n) is 5.45. The molecule has 0 bridgehead atoms. The minimum absolute atomic E-state index is 0.0699. The van der Waals surface area contributed by atoms with Crippen LogP contribution in [0.25, 0.3) is 11.3 Å². The Morgan fingerprint density at radius 2 is 1.60 bits per heavy atom. The van der Waals surface area contributed by atoms with Gasteiger partial charge in [0.2, 0.25) is 0 Å². The van der Waals surface area contributed by atoms with Crippen molar-refractivity contribution in [1.29, 1.82) is 0 Å². The molecule has 2 unspecified atom stereocenters. The zero-order chi connectivity index (χ0) is 29.1. The van der Waals surface area contributed by atoms with Gasteiger partial charge in [-0.1, -0.05) is 65.0 Å². The summed E-state index contributed by atoms with van der Waals surface area (Å²) in [7, 11) is 0. The van der Waals surface area contributed by atoms with Crippen molar-refractivity contribution < 1.29 is 9.47 Å². The van der Waals surface area contributed by atoms with Gasteiger partial charge in [-0.05, 0) is 69.6 Å². The molecule has 0 radical (unpaired) electrons. The average Bonchev–Trinajstić information content (AvgIpc) is 2.91. The molecule has 3 aromatic rings. The summed E-state index contributed by atoms with van der Waals surface area (Å²) in [6.07, 6.45) is 6.09. The normalized spacial score (nSPS) is 17.1. The summed E-state index contributed by atoms with van der Waals surface area (Å²) in [5, 5.41) is 0. The molecule has 5 nitrogen and oxygen atoms in total. The number of aryl methyl sites for hydroxylation is 1. The van der Waals surface area contributed by atoms with E-state index in [-0.39, 0.29) is 11.7 Å². The molecule has 2 atom stereocenters. The van der Waals surface area contributed by atoms with E-state index < -0.39 is 0 Å². The third kappa shape index (κ3) is 7.42. The highest BCUT2D eigenvalue weighted by Gasteiger charge is 2.34. The third-order valence-corrected chi connectivity index (χ3v) is 7.97. The van der Waals surface area contributed by atoms with Gasteiger partial charge in [0.25, 0.3) is 0 Å². The predicted octanol–water partition coefficient (Wildman–Crippen LogP) is 8.77. The summed E-state index contributed by atoms with van der Waals surface area (Å²) in [6.45, 7) is 22.6. The van der Waals surface area contributed by atoms with Crippen LogP contribution in [0, 0.1) is 18.3 Å². The maximum atomic E-state index is 6.73. The van der Waals surface area contributed by atoms with E-state index in [0.717, 1.165) is 48.6 Å². The van der Waals surface area contributed by atoms with Crippen LogP contribution in [0.1, 0.15) is 97.1 Å². The Kier molecular flexibility index (Phi) is 9.24. The molecule has 216 valence electrons. The van der Waals surface area contributed by atoms with Gasteiger partial charge in [-0.15, -0.1) is 0 Å². The number of pyridine rings is 2. The highest BCUT2D eigenvalue weighted by molar-refractivity contribution is 5.79. The number of hydrogen-bond acceptors (Lipinski definition) is 5. The number of rotatable bonds is 9. The van der Waals surface area contributed by atoms with Crippen LogP contribution in [0.4, 0.5) is 5.69 Å². The van der Waals surface area contributed by atoms with Crippen LogP contribution >= 0.6 is 0 Å². The van der Waals surface area contributed by atoms with Crippen molar-refractivity contribution in [2.24, 2.45) is 11.3 Å². The minimum Gasteiger partial charge on any atom is -0.491 e. The molecule has 1 aliphatic rings. The molecule has 0 N–H and O–H groups in total. The second-order valence-corrected chi connectivity index (χ2v) is 13.6. The number of hydrogen-bond donors (Lipinski definition) is 0. The van der Waals surface area contributed by atoms with Crippen LogP contribution in [0.15, 0.2) is 54.9 Å². The molecule has 1 fully saturated rings. The molecular formula is C35H49N3O2. The van der Waals surface area contributed by atoms with Crippen LogP contribution in [0.3, 0.4) is 0 Å². The maximum absolute atomic E-state index is 6.73. The molecule has 0 amide bonds. The Morgan fingerprint density at radius 3 is 2.17 bits per heavy atom. The van der Waals surface area contributed by atoms with Crippen LogP contribution in [0.5, 0.6) is 5.75 Å². The highest BCUT2D eigenvalue weighted by Crippen LogP contribution is 2.45. The molecule has 0 spiro atoms. The zero-order valence-electron chi connectivity index (χ0n) is 26.1. The summed E-state index contributed by atoms with van der Waals surface area (Å²) in [5.41, 5.74) is 6.78. The first-order chi connectivity index (χ1) is 18.8. The lowest BCUT2D eigenvalue weighted by Gasteiger charge is -2.41. The second kappa shape index (κ2) is 12.3. The van der Waals surface area contributed by atoms with Gasteiger partial charge in [0.05, 0.1) is 35.9 Å². The molecule has 40 heavy (non-hydrogen) atoms. The third-order valence-electron chi connectivity index (χ3n) is 7.97. The molecule has 2 aromatic heterocycles. The molecule has 0 aliphatic carbocycles. The molecular weight excluding hydrogens is 494 g/mol. The molecule has 1 saturated heterocycles. The van der Waals surface area contributed by atoms with Gasteiger partial charge in [0.1, 0.15) is 5.75 Å². The summed E-state index contributed by atoms with van der Waals surface area (Å²) < 4.78 is 12.9. The quantitative estimate of drug-likeness (QED) is 0.270. The smallest absolute Gasteiger partial charge is 0.137 e. The van der Waals surface area contributed by atoms with Crippen LogP contribution < -0.4 is 9.64 Å². The van der Waals surface area contributed by atoms with Gasteiger partial charge >= 0.3 is 0 Å². The van der Waals surface area contributed by atoms with Crippen molar-refractivity contribution in [3.05, 3.63) is 71.7 Å². The average molecular weight is 544 g/mol. The maximum Gasteiger partial charge on any atom is 0.137 e. The van der Waals surface area contributed by atoms with Gasteiger partial charge in [0, 0.05) is 42.0 Å². The van der Waals surface area contributed by atoms with Crippen LogP contribution in [-0.2, 0) is 4.74 Å². The molecule has 1 aliphatic heterocycles. The van der Waals surface area contributed by atoms with Crippen molar-refractivity contribution in [3.63, 3.8) is 0 Å². The topological polar surface area (TPSA) is 47.5 Å². The van der Waals surface area contributed by atoms with E-state index in [2.05, 4.69) is 97.5 Å². The van der Waals surface area contributed by atoms with E-state index in [1.165, 1.54) is 16.8 Å². The summed E-state index contributed by atoms with van der Waals surface area (Å²) in [4.78, 5) is 12.4. The van der Waals surface area contributed by atoms with Gasteiger partial charge in [-0.2, -0.15) is 0 Å². The predicted molar refractivity (Wildman–Crippen MR) is 166 cm³/mol. The molecule has 5 heteroatoms. The first kappa shape index (κ1) is 30.0. The van der Waals surface area contributed by atoms with Crippen LogP contribution in [0.2, 0.25) is 0 Å². The Hall–Kier alpha value is -2.92. The van der Waals surface area contributed by atoms with E-state index in [0.29, 0.717) is 23.9 Å². The molecule has 0 saturated carbocycles. The van der Waals surface area contributed by atoms with E-state index in [1.54, 1.807) is 0 Å². The van der Waals surface area contributed by atoms with E-state index in [1.807, 2.05) is 24.5 Å². The summed E-state index contributed by atoms with van der Waals surface area (Å²) >= 11 is 0. The van der Waals surface area contributed by atoms with Gasteiger partial charge in [-0.3, -0.25) is 9.97 Å². The fraction of sp³-hybridized carbons (Fsp3) is 0.543. The zero-order valence-corrected chi connectivity index (χ0v) is 26.1. The number of piperidine rings is 1. The highest BCUT2D eigenvalue weighted by atomic mass is 16.5. The van der Waals surface area contributed by atoms with E-state index in [9.17, 15) is 0 Å². The SMILES string of the molecule is Cc1ncc(-c2ccc(OCC(C)c3ccccc3)cn2)c(N2CCC(C)(C)CC2)c1C(OC(C)(C)C)C(C)C. The molecule has 4 rings (SSSR count). The molecule has 3 heterocycles. The lowest BCUT2D eigenvalue weighted by molar-refractivity contribution is -0.0817. The number of ether oxygens (including phenoxy) is 2. The first-order valence-corrected chi connectivity index (χ1v) is 14.9. The Bertz CT molecular complexity index is 1240. The van der Waals surface area contributed by atoms with Crippen molar-refractivity contribution in [1.82, 2.24) is 9.97 Å². The van der Waals surface area contributed by atoms with E-state index in [4.69, 9.17) is 19.4 Å². The minimum atomic E-state index is -0.271. The Morgan fingerprint density at radius 1 is 0.925 bits per heavy atom. The van der Waals surface area contributed by atoms with Crippen LogP contribution in [-0.4, -0.2) is 35.3 Å². The number of nitrogens with zero attached hydrogens (tertiary/aromatic N) is 3. The Balaban J connectivity index is 1.69. The lowest BCUT2D eigenvalue weighted by Crippen LogP contribution is -2.39. The monoisotopic (exact) mass is 543 g/mol. The lowest BCUT2D eigenvalue weighted by atomic mass is 9.82. The second-order valence-electron chi connectivity index (χ2n) is 13.6. The first-order valence-electron chi connectivity index (χ1n) is 14.9. The Labute approximate surface area is 242 Å². The van der Waals surface area contributed by atoms with Crippen molar-refractivity contribution >= 4 is 5.69 Å². The molecule has 1 aromatic carbocycles. The van der Waals surface area contributed by atoms with Gasteiger partial charge in [0.15, 0.2) is 0 Å². The van der Waals surface area contributed by atoms with Crippen molar-refractivity contribution in [2.45, 2.75) is 92.8 Å². The fourth-order valence-corrected chi connectivity index (χ4v) is 5.45. The largest absolute Gasteiger partial charge is 0.491 e. The summed E-state index contributed by atoms with van der Waals surface area (Å²) in [6, 6.07) is 14.6.